The first kappa shape index (κ1) is 22.7. The van der Waals surface area contributed by atoms with Crippen LogP contribution in [0.25, 0.3) is 0 Å². The van der Waals surface area contributed by atoms with Gasteiger partial charge in [0.05, 0.1) is 0 Å². The minimum Gasteiger partial charge on any atom is -0.444 e. The number of ether oxygens (including phenoxy) is 1. The van der Waals surface area contributed by atoms with Crippen molar-refractivity contribution in [1.82, 2.24) is 9.80 Å². The molecule has 1 aliphatic heterocycles. The zero-order valence-electron chi connectivity index (χ0n) is 18.4. The SMILES string of the molecule is CC(C)(C)OC(=O)Nc1cccc(C(=O)N2CCCN(Cc3ccccc3F)CC2)c1. The largest absolute Gasteiger partial charge is 0.444 e. The van der Waals surface area contributed by atoms with Crippen LogP contribution in [0.4, 0.5) is 14.9 Å². The number of rotatable bonds is 4. The van der Waals surface area contributed by atoms with Crippen LogP contribution >= 0.6 is 0 Å². The average molecular weight is 428 g/mol. The normalized spacial score (nSPS) is 15.3. The molecule has 0 spiro atoms. The fraction of sp³-hybridized carbons (Fsp3) is 0.417. The number of carbonyl (C=O) groups is 2. The van der Waals surface area contributed by atoms with Gasteiger partial charge < -0.3 is 9.64 Å². The van der Waals surface area contributed by atoms with Crippen LogP contribution in [0.3, 0.4) is 0 Å². The van der Waals surface area contributed by atoms with Gasteiger partial charge in [-0.2, -0.15) is 0 Å². The molecule has 1 saturated heterocycles. The van der Waals surface area contributed by atoms with E-state index >= 15 is 0 Å². The molecule has 2 aromatic carbocycles. The maximum absolute atomic E-state index is 14.0. The molecule has 2 aromatic rings. The third-order valence-corrected chi connectivity index (χ3v) is 4.98. The molecular weight excluding hydrogens is 397 g/mol. The number of benzene rings is 2. The summed E-state index contributed by atoms with van der Waals surface area (Å²) in [5, 5.41) is 2.67. The number of halogens is 1. The second-order valence-electron chi connectivity index (χ2n) is 8.72. The highest BCUT2D eigenvalue weighted by Gasteiger charge is 2.22. The van der Waals surface area contributed by atoms with Crippen LogP contribution < -0.4 is 5.32 Å². The highest BCUT2D eigenvalue weighted by molar-refractivity contribution is 5.96. The van der Waals surface area contributed by atoms with Gasteiger partial charge in [-0.25, -0.2) is 9.18 Å². The monoisotopic (exact) mass is 427 g/mol. The van der Waals surface area contributed by atoms with Gasteiger partial charge in [0.25, 0.3) is 5.91 Å². The standard InChI is InChI=1S/C24H30FN3O3/c1-24(2,3)31-23(30)26-20-10-6-9-18(16-20)22(29)28-13-7-12-27(14-15-28)17-19-8-4-5-11-21(19)25/h4-6,8-11,16H,7,12-15,17H2,1-3H3,(H,26,30). The molecular formula is C24H30FN3O3. The Balaban J connectivity index is 1.60. The minimum absolute atomic E-state index is 0.0828. The van der Waals surface area contributed by atoms with Crippen LogP contribution in [0, 0.1) is 5.82 Å². The minimum atomic E-state index is -0.599. The molecule has 31 heavy (non-hydrogen) atoms. The molecule has 0 atom stereocenters. The molecule has 2 amide bonds. The van der Waals surface area contributed by atoms with Gasteiger partial charge in [-0.05, 0) is 51.5 Å². The Hall–Kier alpha value is -2.93. The van der Waals surface area contributed by atoms with Crippen molar-refractivity contribution in [2.24, 2.45) is 0 Å². The summed E-state index contributed by atoms with van der Waals surface area (Å²) in [5.41, 5.74) is 1.09. The molecule has 0 aliphatic carbocycles. The van der Waals surface area contributed by atoms with Crippen molar-refractivity contribution in [2.45, 2.75) is 39.3 Å². The van der Waals surface area contributed by atoms with Gasteiger partial charge in [-0.15, -0.1) is 0 Å². The molecule has 166 valence electrons. The number of hydrogen-bond acceptors (Lipinski definition) is 4. The predicted molar refractivity (Wildman–Crippen MR) is 118 cm³/mol. The van der Waals surface area contributed by atoms with E-state index in [4.69, 9.17) is 4.74 Å². The van der Waals surface area contributed by atoms with Gasteiger partial charge in [-0.3, -0.25) is 15.0 Å². The van der Waals surface area contributed by atoms with Crippen LogP contribution in [0.2, 0.25) is 0 Å². The highest BCUT2D eigenvalue weighted by atomic mass is 19.1. The average Bonchev–Trinajstić information content (AvgIpc) is 2.93. The smallest absolute Gasteiger partial charge is 0.412 e. The molecule has 3 rings (SSSR count). The van der Waals surface area contributed by atoms with Crippen molar-refractivity contribution in [3.8, 4) is 0 Å². The van der Waals surface area contributed by atoms with Gasteiger partial charge in [0.15, 0.2) is 0 Å². The third kappa shape index (κ3) is 6.79. The lowest BCUT2D eigenvalue weighted by Crippen LogP contribution is -2.35. The Morgan fingerprint density at radius 1 is 1.03 bits per heavy atom. The summed E-state index contributed by atoms with van der Waals surface area (Å²) in [6.45, 7) is 8.59. The first-order chi connectivity index (χ1) is 14.7. The van der Waals surface area contributed by atoms with Gasteiger partial charge in [0, 0.05) is 49.5 Å². The lowest BCUT2D eigenvalue weighted by atomic mass is 10.1. The van der Waals surface area contributed by atoms with E-state index in [-0.39, 0.29) is 11.7 Å². The molecule has 0 unspecified atom stereocenters. The maximum atomic E-state index is 14.0. The van der Waals surface area contributed by atoms with Gasteiger partial charge in [0.1, 0.15) is 11.4 Å². The van der Waals surface area contributed by atoms with Gasteiger partial charge in [0.2, 0.25) is 0 Å². The summed E-state index contributed by atoms with van der Waals surface area (Å²) in [6, 6.07) is 13.7. The fourth-order valence-electron chi connectivity index (χ4n) is 3.53. The van der Waals surface area contributed by atoms with E-state index in [9.17, 15) is 14.0 Å². The van der Waals surface area contributed by atoms with E-state index in [2.05, 4.69) is 10.2 Å². The van der Waals surface area contributed by atoms with E-state index in [1.54, 1.807) is 57.2 Å². The fourth-order valence-corrected chi connectivity index (χ4v) is 3.53. The number of amides is 2. The van der Waals surface area contributed by atoms with E-state index in [0.717, 1.165) is 13.0 Å². The number of nitrogens with one attached hydrogen (secondary N) is 1. The maximum Gasteiger partial charge on any atom is 0.412 e. The Labute approximate surface area is 183 Å². The summed E-state index contributed by atoms with van der Waals surface area (Å²) >= 11 is 0. The van der Waals surface area contributed by atoms with Crippen molar-refractivity contribution in [3.05, 3.63) is 65.5 Å². The summed E-state index contributed by atoms with van der Waals surface area (Å²) in [7, 11) is 0. The summed E-state index contributed by atoms with van der Waals surface area (Å²) in [4.78, 5) is 29.0. The molecule has 0 radical (unpaired) electrons. The van der Waals surface area contributed by atoms with E-state index in [1.165, 1.54) is 6.07 Å². The molecule has 0 saturated carbocycles. The van der Waals surface area contributed by atoms with Crippen LogP contribution in [-0.2, 0) is 11.3 Å². The zero-order valence-corrected chi connectivity index (χ0v) is 18.4. The second-order valence-corrected chi connectivity index (χ2v) is 8.72. The molecule has 1 aliphatic rings. The second kappa shape index (κ2) is 9.92. The number of carbonyl (C=O) groups excluding carboxylic acids is 2. The lowest BCUT2D eigenvalue weighted by Gasteiger charge is -2.23. The topological polar surface area (TPSA) is 61.9 Å². The quantitative estimate of drug-likeness (QED) is 0.779. The third-order valence-electron chi connectivity index (χ3n) is 4.98. The van der Waals surface area contributed by atoms with Gasteiger partial charge >= 0.3 is 6.09 Å². The van der Waals surface area contributed by atoms with Gasteiger partial charge in [-0.1, -0.05) is 24.3 Å². The summed E-state index contributed by atoms with van der Waals surface area (Å²) in [5.74, 6) is -0.283. The Morgan fingerprint density at radius 2 is 1.81 bits per heavy atom. The molecule has 1 N–H and O–H groups in total. The lowest BCUT2D eigenvalue weighted by molar-refractivity contribution is 0.0634. The van der Waals surface area contributed by atoms with Crippen molar-refractivity contribution >= 4 is 17.7 Å². The number of hydrogen-bond donors (Lipinski definition) is 1. The molecule has 0 bridgehead atoms. The molecule has 6 nitrogen and oxygen atoms in total. The Bertz CT molecular complexity index is 926. The summed E-state index contributed by atoms with van der Waals surface area (Å²) in [6.07, 6.45) is 0.256. The van der Waals surface area contributed by atoms with Crippen molar-refractivity contribution in [1.29, 1.82) is 0 Å². The van der Waals surface area contributed by atoms with E-state index in [0.29, 0.717) is 43.0 Å². The highest BCUT2D eigenvalue weighted by Crippen LogP contribution is 2.17. The molecule has 1 fully saturated rings. The Morgan fingerprint density at radius 3 is 2.55 bits per heavy atom. The first-order valence-corrected chi connectivity index (χ1v) is 10.6. The number of nitrogens with zero attached hydrogens (tertiary/aromatic N) is 2. The Kier molecular flexibility index (Phi) is 7.28. The van der Waals surface area contributed by atoms with Crippen LogP contribution in [0.1, 0.15) is 43.1 Å². The van der Waals surface area contributed by atoms with Crippen LogP contribution in [0.15, 0.2) is 48.5 Å². The van der Waals surface area contributed by atoms with Crippen molar-refractivity contribution in [2.75, 3.05) is 31.5 Å². The zero-order chi connectivity index (χ0) is 22.4. The number of anilines is 1. The van der Waals surface area contributed by atoms with Crippen molar-refractivity contribution in [3.63, 3.8) is 0 Å². The molecule has 7 heteroatoms. The first-order valence-electron chi connectivity index (χ1n) is 10.6. The van der Waals surface area contributed by atoms with Crippen LogP contribution in [-0.4, -0.2) is 53.6 Å². The predicted octanol–water partition coefficient (Wildman–Crippen LogP) is 4.52. The van der Waals surface area contributed by atoms with Crippen LogP contribution in [0.5, 0.6) is 0 Å². The van der Waals surface area contributed by atoms with Crippen molar-refractivity contribution < 1.29 is 18.7 Å². The summed E-state index contributed by atoms with van der Waals surface area (Å²) < 4.78 is 19.2. The molecule has 0 aromatic heterocycles. The molecule has 1 heterocycles. The van der Waals surface area contributed by atoms with E-state index in [1.807, 2.05) is 11.0 Å². The van der Waals surface area contributed by atoms with E-state index < -0.39 is 11.7 Å².